The topological polar surface area (TPSA) is 43.1 Å². The summed E-state index contributed by atoms with van der Waals surface area (Å²) in [5.74, 6) is 2.87. The molecule has 0 unspecified atom stereocenters. The van der Waals surface area contributed by atoms with Gasteiger partial charge in [-0.3, -0.25) is 4.79 Å². The molecule has 0 saturated carbocycles. The summed E-state index contributed by atoms with van der Waals surface area (Å²) in [6.45, 7) is 13.7. The van der Waals surface area contributed by atoms with Crippen LogP contribution >= 0.6 is 0 Å². The van der Waals surface area contributed by atoms with Crippen LogP contribution in [0, 0.1) is 11.5 Å². The van der Waals surface area contributed by atoms with E-state index in [-0.39, 0.29) is 0 Å². The second-order valence-corrected chi connectivity index (χ2v) is 12.6. The van der Waals surface area contributed by atoms with E-state index >= 15 is 0 Å². The Morgan fingerprint density at radius 1 is 1.00 bits per heavy atom. The molecule has 0 bridgehead atoms. The van der Waals surface area contributed by atoms with E-state index in [9.17, 15) is 4.79 Å². The third-order valence-electron chi connectivity index (χ3n) is 4.65. The number of hydrogen-bond donors (Lipinski definition) is 1. The molecule has 0 aliphatic carbocycles. The molecule has 1 amide bonds. The molecule has 2 N–H and O–H groups in total. The van der Waals surface area contributed by atoms with Gasteiger partial charge in [0.1, 0.15) is 8.07 Å². The van der Waals surface area contributed by atoms with E-state index in [4.69, 9.17) is 5.73 Å². The third kappa shape index (κ3) is 4.59. The van der Waals surface area contributed by atoms with Gasteiger partial charge in [0.25, 0.3) is 0 Å². The Hall–Kier alpha value is -1.79. The summed E-state index contributed by atoms with van der Waals surface area (Å²) in [6.07, 6.45) is 1.45. The Kier molecular flexibility index (Phi) is 6.84. The highest BCUT2D eigenvalue weighted by molar-refractivity contribution is 6.90. The number of benzene rings is 1. The van der Waals surface area contributed by atoms with Gasteiger partial charge in [-0.25, -0.2) is 0 Å². The van der Waals surface area contributed by atoms with Gasteiger partial charge in [0.2, 0.25) is 5.91 Å². The average molecular weight is 328 g/mol. The number of hydrogen-bond acceptors (Lipinski definition) is 1. The van der Waals surface area contributed by atoms with E-state index in [1.165, 1.54) is 6.08 Å². The summed E-state index contributed by atoms with van der Waals surface area (Å²) >= 11 is 0. The molecular weight excluding hydrogens is 298 g/mol. The average Bonchev–Trinajstić information content (AvgIpc) is 2.46. The fourth-order valence-corrected chi connectivity index (χ4v) is 8.78. The normalized spacial score (nSPS) is 12.5. The molecule has 1 aromatic carbocycles. The van der Waals surface area contributed by atoms with Crippen LogP contribution in [0.1, 0.15) is 47.1 Å². The van der Waals surface area contributed by atoms with Gasteiger partial charge in [0, 0.05) is 11.6 Å². The Morgan fingerprint density at radius 3 is 1.87 bits per heavy atom. The third-order valence-corrected chi connectivity index (χ3v) is 10.9. The summed E-state index contributed by atoms with van der Waals surface area (Å²) in [6, 6.07) is 9.78. The van der Waals surface area contributed by atoms with Crippen molar-refractivity contribution in [1.82, 2.24) is 0 Å². The number of carbonyl (C=O) groups excluding carboxylic acids is 1. The summed E-state index contributed by atoms with van der Waals surface area (Å²) in [5.41, 5.74) is 12.4. The first kappa shape index (κ1) is 19.3. The first-order valence-electron chi connectivity index (χ1n) is 8.31. The fourth-order valence-electron chi connectivity index (χ4n) is 3.56. The van der Waals surface area contributed by atoms with Gasteiger partial charge in [-0.15, -0.1) is 5.54 Å². The van der Waals surface area contributed by atoms with Crippen molar-refractivity contribution in [1.29, 1.82) is 0 Å². The molecule has 0 radical (unpaired) electrons. The molecular formula is C20H29NOSi. The van der Waals surface area contributed by atoms with Gasteiger partial charge in [-0.2, -0.15) is 0 Å². The standard InChI is InChI=1S/C20H29NOSi/c1-15(2)23(16(3)4,17(5)6)13-12-19(14-20(21)22)18-10-8-7-9-11-18/h7-11,14-17H,1-6H3,(H2,21,22)/b19-14+. The molecule has 0 aliphatic rings. The maximum Gasteiger partial charge on any atom is 0.242 e. The maximum absolute atomic E-state index is 11.4. The van der Waals surface area contributed by atoms with Crippen molar-refractivity contribution in [3.05, 3.63) is 42.0 Å². The van der Waals surface area contributed by atoms with Crippen LogP contribution in [0.4, 0.5) is 0 Å². The minimum Gasteiger partial charge on any atom is -0.366 e. The van der Waals surface area contributed by atoms with Crippen molar-refractivity contribution in [2.24, 2.45) is 5.73 Å². The highest BCUT2D eigenvalue weighted by Crippen LogP contribution is 2.40. The van der Waals surface area contributed by atoms with Crippen molar-refractivity contribution < 1.29 is 4.79 Å². The number of nitrogens with two attached hydrogens (primary N) is 1. The predicted octanol–water partition coefficient (Wildman–Crippen LogP) is 4.78. The predicted molar refractivity (Wildman–Crippen MR) is 102 cm³/mol. The van der Waals surface area contributed by atoms with E-state index < -0.39 is 14.0 Å². The zero-order chi connectivity index (χ0) is 17.6. The smallest absolute Gasteiger partial charge is 0.242 e. The van der Waals surface area contributed by atoms with Gasteiger partial charge >= 0.3 is 0 Å². The lowest BCUT2D eigenvalue weighted by Crippen LogP contribution is -2.43. The first-order chi connectivity index (χ1) is 10.7. The van der Waals surface area contributed by atoms with E-state index in [0.717, 1.165) is 11.1 Å². The lowest BCUT2D eigenvalue weighted by atomic mass is 10.1. The van der Waals surface area contributed by atoms with Crippen LogP contribution in [0.2, 0.25) is 16.6 Å². The summed E-state index contributed by atoms with van der Waals surface area (Å²) in [5, 5.41) is 0. The largest absolute Gasteiger partial charge is 0.366 e. The van der Waals surface area contributed by atoms with Crippen molar-refractivity contribution in [2.45, 2.75) is 58.2 Å². The van der Waals surface area contributed by atoms with Gasteiger partial charge < -0.3 is 5.73 Å². The number of rotatable bonds is 5. The molecule has 0 atom stereocenters. The highest BCUT2D eigenvalue weighted by atomic mass is 28.3. The van der Waals surface area contributed by atoms with Crippen molar-refractivity contribution in [3.8, 4) is 11.5 Å². The summed E-state index contributed by atoms with van der Waals surface area (Å²) in [7, 11) is -1.83. The molecule has 2 nitrogen and oxygen atoms in total. The molecule has 1 aromatic rings. The van der Waals surface area contributed by atoms with Crippen LogP contribution in [-0.2, 0) is 4.79 Å². The van der Waals surface area contributed by atoms with Gasteiger partial charge in [-0.1, -0.05) is 77.8 Å². The number of carbonyl (C=O) groups is 1. The molecule has 124 valence electrons. The lowest BCUT2D eigenvalue weighted by Gasteiger charge is -2.38. The quantitative estimate of drug-likeness (QED) is 0.472. The van der Waals surface area contributed by atoms with E-state index in [1.54, 1.807) is 0 Å². The van der Waals surface area contributed by atoms with Gasteiger partial charge in [0.15, 0.2) is 0 Å². The highest BCUT2D eigenvalue weighted by Gasteiger charge is 2.41. The van der Waals surface area contributed by atoms with Crippen LogP contribution in [0.15, 0.2) is 36.4 Å². The molecule has 0 fully saturated rings. The molecule has 0 spiro atoms. The molecule has 0 aliphatic heterocycles. The van der Waals surface area contributed by atoms with Crippen LogP contribution in [-0.4, -0.2) is 14.0 Å². The summed E-state index contributed by atoms with van der Waals surface area (Å²) < 4.78 is 0. The zero-order valence-electron chi connectivity index (χ0n) is 15.2. The maximum atomic E-state index is 11.4. The van der Waals surface area contributed by atoms with Gasteiger partial charge in [-0.05, 0) is 22.2 Å². The van der Waals surface area contributed by atoms with Crippen molar-refractivity contribution in [2.75, 3.05) is 0 Å². The molecule has 1 rings (SSSR count). The Bertz CT molecular complexity index is 596. The van der Waals surface area contributed by atoms with E-state index in [0.29, 0.717) is 16.6 Å². The Morgan fingerprint density at radius 2 is 1.48 bits per heavy atom. The first-order valence-corrected chi connectivity index (χ1v) is 10.5. The lowest BCUT2D eigenvalue weighted by molar-refractivity contribution is -0.113. The fraction of sp³-hybridized carbons (Fsp3) is 0.450. The molecule has 3 heteroatoms. The van der Waals surface area contributed by atoms with E-state index in [2.05, 4.69) is 53.0 Å². The van der Waals surface area contributed by atoms with E-state index in [1.807, 2.05) is 30.3 Å². The van der Waals surface area contributed by atoms with Crippen LogP contribution in [0.3, 0.4) is 0 Å². The molecule has 0 saturated heterocycles. The van der Waals surface area contributed by atoms with Crippen LogP contribution in [0.25, 0.3) is 5.57 Å². The number of amides is 1. The zero-order valence-corrected chi connectivity index (χ0v) is 16.2. The van der Waals surface area contributed by atoms with Crippen LogP contribution in [0.5, 0.6) is 0 Å². The summed E-state index contributed by atoms with van der Waals surface area (Å²) in [4.78, 5) is 11.4. The van der Waals surface area contributed by atoms with Gasteiger partial charge in [0.05, 0.1) is 0 Å². The molecule has 23 heavy (non-hydrogen) atoms. The Labute approximate surface area is 142 Å². The van der Waals surface area contributed by atoms with Crippen molar-refractivity contribution in [3.63, 3.8) is 0 Å². The Balaban J connectivity index is 3.43. The minimum atomic E-state index is -1.83. The molecule has 0 heterocycles. The number of primary amides is 1. The SMILES string of the molecule is CC(C)[Si](C#C/C(=C\C(N)=O)c1ccccc1)(C(C)C)C(C)C. The second-order valence-electron chi connectivity index (χ2n) is 6.97. The number of allylic oxidation sites excluding steroid dienone is 1. The molecule has 0 aromatic heterocycles. The van der Waals surface area contributed by atoms with Crippen molar-refractivity contribution >= 4 is 19.6 Å². The van der Waals surface area contributed by atoms with Crippen LogP contribution < -0.4 is 5.73 Å². The minimum absolute atomic E-state index is 0.455. The second kappa shape index (κ2) is 8.17. The monoisotopic (exact) mass is 327 g/mol.